The second-order valence-corrected chi connectivity index (χ2v) is 6.20. The smallest absolute Gasteiger partial charge is 0.332 e. The first-order valence-corrected chi connectivity index (χ1v) is 8.27. The van der Waals surface area contributed by atoms with Gasteiger partial charge in [0, 0.05) is 11.4 Å². The van der Waals surface area contributed by atoms with Crippen molar-refractivity contribution in [1.82, 2.24) is 9.78 Å². The molecule has 10 heteroatoms. The van der Waals surface area contributed by atoms with Gasteiger partial charge in [-0.3, -0.25) is 0 Å². The average Bonchev–Trinajstić information content (AvgIpc) is 3.09. The van der Waals surface area contributed by atoms with Crippen LogP contribution >= 0.6 is 23.8 Å². The summed E-state index contributed by atoms with van der Waals surface area (Å²) in [5, 5.41) is 9.58. The predicted molar refractivity (Wildman–Crippen MR) is 99.8 cm³/mol. The molecule has 4 nitrogen and oxygen atoms in total. The fourth-order valence-corrected chi connectivity index (χ4v) is 2.69. The molecule has 0 saturated carbocycles. The van der Waals surface area contributed by atoms with Crippen LogP contribution in [0.4, 0.5) is 28.9 Å². The topological polar surface area (TPSA) is 41.9 Å². The lowest BCUT2D eigenvalue weighted by Crippen LogP contribution is -2.19. The third-order valence-corrected chi connectivity index (χ3v) is 3.97. The number of aromatic nitrogens is 2. The fraction of sp³-hybridized carbons (Fsp3) is 0.0588. The van der Waals surface area contributed by atoms with Crippen LogP contribution in [-0.2, 0) is 6.18 Å². The van der Waals surface area contributed by atoms with Crippen molar-refractivity contribution in [3.05, 3.63) is 71.3 Å². The lowest BCUT2D eigenvalue weighted by molar-refractivity contribution is -0.142. The van der Waals surface area contributed by atoms with E-state index in [1.807, 2.05) is 0 Å². The molecule has 27 heavy (non-hydrogen) atoms. The molecule has 0 aliphatic heterocycles. The van der Waals surface area contributed by atoms with E-state index in [2.05, 4.69) is 15.7 Å². The summed E-state index contributed by atoms with van der Waals surface area (Å²) in [4.78, 5) is 0. The third kappa shape index (κ3) is 4.55. The average molecular weight is 415 g/mol. The minimum Gasteiger partial charge on any atom is -0.332 e. The van der Waals surface area contributed by atoms with E-state index in [-0.39, 0.29) is 15.8 Å². The Balaban J connectivity index is 1.70. The van der Waals surface area contributed by atoms with E-state index in [0.29, 0.717) is 11.4 Å². The molecule has 0 bridgehead atoms. The van der Waals surface area contributed by atoms with Gasteiger partial charge >= 0.3 is 6.18 Å². The fourth-order valence-electron chi connectivity index (χ4n) is 2.28. The number of hydrogen-bond donors (Lipinski definition) is 2. The van der Waals surface area contributed by atoms with Crippen molar-refractivity contribution >= 4 is 40.3 Å². The standard InChI is InChI=1S/C17H11ClF4N4S/c18-13-9-11(3-6-14(13)19)25-16(27)24-10-1-4-12(5-2-10)26-15(7-8-23-26)17(20,21)22/h1-9H,(H2,24,25,27). The van der Waals surface area contributed by atoms with E-state index < -0.39 is 17.7 Å². The first-order valence-electron chi connectivity index (χ1n) is 7.49. The number of thiocarbonyl (C=S) groups is 1. The summed E-state index contributed by atoms with van der Waals surface area (Å²) in [5.41, 5.74) is 0.419. The van der Waals surface area contributed by atoms with Gasteiger partial charge in [0.15, 0.2) is 5.11 Å². The lowest BCUT2D eigenvalue weighted by Gasteiger charge is -2.13. The van der Waals surface area contributed by atoms with Gasteiger partial charge in [0.05, 0.1) is 16.9 Å². The maximum absolute atomic E-state index is 13.2. The molecule has 0 aliphatic carbocycles. The normalized spacial score (nSPS) is 11.3. The molecule has 2 N–H and O–H groups in total. The van der Waals surface area contributed by atoms with Crippen LogP contribution in [0.3, 0.4) is 0 Å². The van der Waals surface area contributed by atoms with Gasteiger partial charge in [0.1, 0.15) is 11.5 Å². The molecule has 0 saturated heterocycles. The van der Waals surface area contributed by atoms with Crippen LogP contribution in [0.2, 0.25) is 5.02 Å². The number of hydrogen-bond acceptors (Lipinski definition) is 2. The van der Waals surface area contributed by atoms with Gasteiger partial charge in [-0.1, -0.05) is 11.6 Å². The molecule has 0 fully saturated rings. The molecular formula is C17H11ClF4N4S. The highest BCUT2D eigenvalue weighted by Gasteiger charge is 2.35. The van der Waals surface area contributed by atoms with Gasteiger partial charge in [-0.2, -0.15) is 18.3 Å². The SMILES string of the molecule is Fc1ccc(NC(=S)Nc2ccc(-n3nccc3C(F)(F)F)cc2)cc1Cl. The van der Waals surface area contributed by atoms with Crippen LogP contribution in [0.15, 0.2) is 54.7 Å². The zero-order valence-corrected chi connectivity index (χ0v) is 15.0. The summed E-state index contributed by atoms with van der Waals surface area (Å²) in [6.07, 6.45) is -3.42. The van der Waals surface area contributed by atoms with Crippen LogP contribution in [0, 0.1) is 5.82 Å². The predicted octanol–water partition coefficient (Wildman–Crippen LogP) is 5.49. The Morgan fingerprint density at radius 1 is 1.00 bits per heavy atom. The Kier molecular flexibility index (Phi) is 5.33. The molecule has 1 aromatic heterocycles. The van der Waals surface area contributed by atoms with Gasteiger partial charge in [-0.15, -0.1) is 0 Å². The number of benzene rings is 2. The molecule has 0 aliphatic rings. The molecule has 0 atom stereocenters. The summed E-state index contributed by atoms with van der Waals surface area (Å²) in [5.74, 6) is -0.548. The highest BCUT2D eigenvalue weighted by molar-refractivity contribution is 7.80. The molecule has 0 spiro atoms. The first-order chi connectivity index (χ1) is 12.7. The van der Waals surface area contributed by atoms with E-state index in [1.54, 1.807) is 12.1 Å². The van der Waals surface area contributed by atoms with Gasteiger partial charge in [-0.25, -0.2) is 9.07 Å². The molecule has 3 rings (SSSR count). The van der Waals surface area contributed by atoms with Crippen molar-refractivity contribution in [1.29, 1.82) is 0 Å². The van der Waals surface area contributed by atoms with E-state index in [4.69, 9.17) is 23.8 Å². The summed E-state index contributed by atoms with van der Waals surface area (Å²) < 4.78 is 52.8. The molecule has 0 amide bonds. The molecule has 0 radical (unpaired) electrons. The number of nitrogens with zero attached hydrogens (tertiary/aromatic N) is 2. The molecular weight excluding hydrogens is 404 g/mol. The van der Waals surface area contributed by atoms with Crippen LogP contribution < -0.4 is 10.6 Å². The molecule has 0 unspecified atom stereocenters. The van der Waals surface area contributed by atoms with Crippen molar-refractivity contribution in [3.63, 3.8) is 0 Å². The van der Waals surface area contributed by atoms with E-state index >= 15 is 0 Å². The van der Waals surface area contributed by atoms with Gasteiger partial charge in [0.25, 0.3) is 0 Å². The summed E-state index contributed by atoms with van der Waals surface area (Å²) in [6, 6.07) is 11.0. The van der Waals surface area contributed by atoms with E-state index in [1.165, 1.54) is 30.3 Å². The minimum atomic E-state index is -4.50. The summed E-state index contributed by atoms with van der Waals surface area (Å²) >= 11 is 10.9. The number of anilines is 2. The monoisotopic (exact) mass is 414 g/mol. The van der Waals surface area contributed by atoms with Crippen LogP contribution in [0.25, 0.3) is 5.69 Å². The zero-order valence-electron chi connectivity index (χ0n) is 13.4. The van der Waals surface area contributed by atoms with Crippen LogP contribution in [-0.4, -0.2) is 14.9 Å². The zero-order chi connectivity index (χ0) is 19.6. The maximum Gasteiger partial charge on any atom is 0.433 e. The van der Waals surface area contributed by atoms with Gasteiger partial charge in [-0.05, 0) is 60.7 Å². The van der Waals surface area contributed by atoms with E-state index in [0.717, 1.165) is 16.9 Å². The van der Waals surface area contributed by atoms with Gasteiger partial charge in [0.2, 0.25) is 0 Å². The molecule has 1 heterocycles. The second kappa shape index (κ2) is 7.53. The minimum absolute atomic E-state index is 0.0492. The largest absolute Gasteiger partial charge is 0.433 e. The maximum atomic E-state index is 13.2. The highest BCUT2D eigenvalue weighted by Crippen LogP contribution is 2.30. The Labute approximate surface area is 161 Å². The third-order valence-electron chi connectivity index (χ3n) is 3.48. The van der Waals surface area contributed by atoms with Crippen molar-refractivity contribution in [2.75, 3.05) is 10.6 Å². The van der Waals surface area contributed by atoms with Crippen LogP contribution in [0.1, 0.15) is 5.69 Å². The second-order valence-electron chi connectivity index (χ2n) is 5.38. The number of halogens is 5. The van der Waals surface area contributed by atoms with Crippen molar-refractivity contribution in [2.45, 2.75) is 6.18 Å². The van der Waals surface area contributed by atoms with E-state index in [9.17, 15) is 17.6 Å². The van der Waals surface area contributed by atoms with Crippen molar-refractivity contribution in [3.8, 4) is 5.69 Å². The number of nitrogens with one attached hydrogen (secondary N) is 2. The summed E-state index contributed by atoms with van der Waals surface area (Å²) in [6.45, 7) is 0. The number of alkyl halides is 3. The Hall–Kier alpha value is -2.65. The van der Waals surface area contributed by atoms with Crippen molar-refractivity contribution in [2.24, 2.45) is 0 Å². The lowest BCUT2D eigenvalue weighted by atomic mass is 10.2. The molecule has 140 valence electrons. The Bertz CT molecular complexity index is 970. The van der Waals surface area contributed by atoms with Crippen molar-refractivity contribution < 1.29 is 17.6 Å². The van der Waals surface area contributed by atoms with Crippen LogP contribution in [0.5, 0.6) is 0 Å². The highest BCUT2D eigenvalue weighted by atomic mass is 35.5. The quantitative estimate of drug-likeness (QED) is 0.439. The molecule has 3 aromatic rings. The Morgan fingerprint density at radius 2 is 1.63 bits per heavy atom. The number of rotatable bonds is 3. The Morgan fingerprint density at radius 3 is 2.26 bits per heavy atom. The van der Waals surface area contributed by atoms with Gasteiger partial charge < -0.3 is 10.6 Å². The molecule has 2 aromatic carbocycles. The first kappa shape index (κ1) is 19.1. The summed E-state index contributed by atoms with van der Waals surface area (Å²) in [7, 11) is 0.